The van der Waals surface area contributed by atoms with Gasteiger partial charge < -0.3 is 14.8 Å². The van der Waals surface area contributed by atoms with Crippen LogP contribution in [0.4, 0.5) is 9.18 Å². The summed E-state index contributed by atoms with van der Waals surface area (Å²) in [6, 6.07) is 7.49. The normalized spacial score (nSPS) is 12.7. The molecule has 1 amide bonds. The van der Waals surface area contributed by atoms with E-state index in [-0.39, 0.29) is 12.1 Å². The molecule has 0 radical (unpaired) electrons. The van der Waals surface area contributed by atoms with Crippen molar-refractivity contribution in [3.05, 3.63) is 41.7 Å². The van der Waals surface area contributed by atoms with E-state index in [2.05, 4.69) is 5.32 Å². The van der Waals surface area contributed by atoms with E-state index in [9.17, 15) is 9.18 Å². The van der Waals surface area contributed by atoms with Crippen molar-refractivity contribution in [1.82, 2.24) is 5.32 Å². The van der Waals surface area contributed by atoms with Crippen LogP contribution in [0.25, 0.3) is 0 Å². The van der Waals surface area contributed by atoms with Crippen molar-refractivity contribution in [1.29, 1.82) is 0 Å². The summed E-state index contributed by atoms with van der Waals surface area (Å²) >= 11 is 0. The van der Waals surface area contributed by atoms with Gasteiger partial charge in [0.15, 0.2) is 0 Å². The molecule has 1 aromatic carbocycles. The minimum Gasteiger partial charge on any atom is -0.488 e. The summed E-state index contributed by atoms with van der Waals surface area (Å²) < 4.78 is 23.9. The van der Waals surface area contributed by atoms with Gasteiger partial charge in [0.2, 0.25) is 0 Å². The number of hydrogen-bond donors (Lipinski definition) is 1. The van der Waals surface area contributed by atoms with Gasteiger partial charge in [0.1, 0.15) is 17.0 Å². The van der Waals surface area contributed by atoms with E-state index < -0.39 is 11.7 Å². The van der Waals surface area contributed by atoms with E-state index >= 15 is 0 Å². The molecule has 0 unspecified atom stereocenters. The second-order valence-electron chi connectivity index (χ2n) is 7.66. The van der Waals surface area contributed by atoms with Crippen LogP contribution in [0.1, 0.15) is 47.1 Å². The van der Waals surface area contributed by atoms with Crippen LogP contribution >= 0.6 is 0 Å². The third-order valence-electron chi connectivity index (χ3n) is 2.79. The number of hydrogen-bond acceptors (Lipinski definition) is 3. The largest absolute Gasteiger partial charge is 0.488 e. The first-order valence-electron chi connectivity index (χ1n) is 8.01. The zero-order chi connectivity index (χ0) is 18.4. The molecule has 0 bridgehead atoms. The Bertz CT molecular complexity index is 566. The molecule has 0 spiro atoms. The molecule has 0 aromatic heterocycles. The second kappa shape index (κ2) is 8.18. The number of amides is 1. The highest BCUT2D eigenvalue weighted by atomic mass is 19.1. The maximum Gasteiger partial charge on any atom is 0.407 e. The van der Waals surface area contributed by atoms with Gasteiger partial charge in [0, 0.05) is 6.54 Å². The van der Waals surface area contributed by atoms with Crippen molar-refractivity contribution >= 4 is 6.09 Å². The summed E-state index contributed by atoms with van der Waals surface area (Å²) in [6.07, 6.45) is 0.370. The Hall–Kier alpha value is -2.04. The van der Waals surface area contributed by atoms with Crippen LogP contribution in [0, 0.1) is 0 Å². The molecule has 0 aliphatic heterocycles. The molecule has 24 heavy (non-hydrogen) atoms. The minimum absolute atomic E-state index is 0.103. The molecule has 4 nitrogen and oxygen atoms in total. The monoisotopic (exact) mass is 337 g/mol. The molecule has 0 heterocycles. The van der Waals surface area contributed by atoms with Crippen LogP contribution in [0.2, 0.25) is 0 Å². The molecule has 0 fully saturated rings. The first kappa shape index (κ1) is 20.0. The van der Waals surface area contributed by atoms with E-state index in [0.717, 1.165) is 11.3 Å². The van der Waals surface area contributed by atoms with E-state index in [0.29, 0.717) is 18.3 Å². The lowest BCUT2D eigenvalue weighted by molar-refractivity contribution is 0.0532. The second-order valence-corrected chi connectivity index (χ2v) is 7.66. The zero-order valence-electron chi connectivity index (χ0n) is 15.4. The summed E-state index contributed by atoms with van der Waals surface area (Å²) in [5.41, 5.74) is 0.562. The highest BCUT2D eigenvalue weighted by Crippen LogP contribution is 2.19. The Morgan fingerprint density at radius 2 is 1.67 bits per heavy atom. The van der Waals surface area contributed by atoms with Gasteiger partial charge in [0.25, 0.3) is 0 Å². The molecule has 5 heteroatoms. The SMILES string of the molecule is CC(C)(C)OC(=O)NC/C(=C\F)Cc1ccc(OC(C)(C)C)cc1. The quantitative estimate of drug-likeness (QED) is 0.841. The van der Waals surface area contributed by atoms with Crippen LogP contribution in [-0.2, 0) is 11.2 Å². The van der Waals surface area contributed by atoms with Crippen LogP contribution < -0.4 is 10.1 Å². The molecule has 0 aliphatic carbocycles. The highest BCUT2D eigenvalue weighted by Gasteiger charge is 2.16. The van der Waals surface area contributed by atoms with E-state index in [1.165, 1.54) is 0 Å². The third kappa shape index (κ3) is 8.56. The van der Waals surface area contributed by atoms with Gasteiger partial charge in [-0.15, -0.1) is 0 Å². The number of nitrogens with one attached hydrogen (secondary N) is 1. The summed E-state index contributed by atoms with van der Waals surface area (Å²) in [4.78, 5) is 11.6. The van der Waals surface area contributed by atoms with Crippen molar-refractivity contribution in [3.8, 4) is 5.75 Å². The number of rotatable bonds is 5. The van der Waals surface area contributed by atoms with Crippen LogP contribution in [0.15, 0.2) is 36.2 Å². The summed E-state index contributed by atoms with van der Waals surface area (Å²) in [6.45, 7) is 11.4. The summed E-state index contributed by atoms with van der Waals surface area (Å²) in [5.74, 6) is 0.768. The topological polar surface area (TPSA) is 47.6 Å². The lowest BCUT2D eigenvalue weighted by atomic mass is 10.1. The number of carbonyl (C=O) groups excluding carboxylic acids is 1. The predicted octanol–water partition coefficient (Wildman–Crippen LogP) is 4.78. The van der Waals surface area contributed by atoms with Gasteiger partial charge in [-0.05, 0) is 71.2 Å². The summed E-state index contributed by atoms with van der Waals surface area (Å²) in [7, 11) is 0. The van der Waals surface area contributed by atoms with Crippen LogP contribution in [-0.4, -0.2) is 23.8 Å². The van der Waals surface area contributed by atoms with Crippen LogP contribution in [0.5, 0.6) is 5.75 Å². The van der Waals surface area contributed by atoms with Crippen molar-refractivity contribution in [2.75, 3.05) is 6.54 Å². The van der Waals surface area contributed by atoms with Crippen LogP contribution in [0.3, 0.4) is 0 Å². The molecule has 0 atom stereocenters. The first-order chi connectivity index (χ1) is 11.0. The first-order valence-corrected chi connectivity index (χ1v) is 8.01. The lowest BCUT2D eigenvalue weighted by Crippen LogP contribution is -2.33. The third-order valence-corrected chi connectivity index (χ3v) is 2.79. The molecular weight excluding hydrogens is 309 g/mol. The molecule has 0 saturated heterocycles. The number of halogens is 1. The molecule has 1 N–H and O–H groups in total. The zero-order valence-corrected chi connectivity index (χ0v) is 15.4. The van der Waals surface area contributed by atoms with Gasteiger partial charge in [-0.3, -0.25) is 0 Å². The van der Waals surface area contributed by atoms with E-state index in [1.54, 1.807) is 20.8 Å². The average molecular weight is 337 g/mol. The Morgan fingerprint density at radius 1 is 1.08 bits per heavy atom. The van der Waals surface area contributed by atoms with Gasteiger partial charge in [-0.2, -0.15) is 0 Å². The summed E-state index contributed by atoms with van der Waals surface area (Å²) in [5, 5.41) is 2.56. The predicted molar refractivity (Wildman–Crippen MR) is 94.0 cm³/mol. The Morgan fingerprint density at radius 3 is 2.12 bits per heavy atom. The highest BCUT2D eigenvalue weighted by molar-refractivity contribution is 5.68. The average Bonchev–Trinajstić information content (AvgIpc) is 2.41. The van der Waals surface area contributed by atoms with Gasteiger partial charge >= 0.3 is 6.09 Å². The Balaban J connectivity index is 2.55. The van der Waals surface area contributed by atoms with Gasteiger partial charge in [-0.1, -0.05) is 12.1 Å². The van der Waals surface area contributed by atoms with Gasteiger partial charge in [0.05, 0.1) is 6.33 Å². The molecule has 1 rings (SSSR count). The molecule has 0 saturated carbocycles. The van der Waals surface area contributed by atoms with E-state index in [4.69, 9.17) is 9.47 Å². The smallest absolute Gasteiger partial charge is 0.407 e. The lowest BCUT2D eigenvalue weighted by Gasteiger charge is -2.21. The number of benzene rings is 1. The fourth-order valence-corrected chi connectivity index (χ4v) is 1.93. The fraction of sp³-hybridized carbons (Fsp3) is 0.526. The minimum atomic E-state index is -0.577. The van der Waals surface area contributed by atoms with E-state index in [1.807, 2.05) is 45.0 Å². The fourth-order valence-electron chi connectivity index (χ4n) is 1.93. The Labute approximate surface area is 144 Å². The van der Waals surface area contributed by atoms with Crippen molar-refractivity contribution in [2.24, 2.45) is 0 Å². The molecule has 134 valence electrons. The standard InChI is InChI=1S/C19H28FNO3/c1-18(2,3)23-16-9-7-14(8-10-16)11-15(12-20)13-21-17(22)24-19(4,5)6/h7-10,12H,11,13H2,1-6H3,(H,21,22)/b15-12-. The molecule has 0 aliphatic rings. The number of ether oxygens (including phenoxy) is 2. The molecular formula is C19H28FNO3. The maximum atomic E-state index is 13.1. The van der Waals surface area contributed by atoms with Crippen molar-refractivity contribution in [2.45, 2.75) is 59.2 Å². The van der Waals surface area contributed by atoms with Gasteiger partial charge in [-0.25, -0.2) is 9.18 Å². The van der Waals surface area contributed by atoms with Crippen molar-refractivity contribution < 1.29 is 18.7 Å². The number of alkyl carbamates (subject to hydrolysis) is 1. The van der Waals surface area contributed by atoms with Crippen molar-refractivity contribution in [3.63, 3.8) is 0 Å². The molecule has 1 aromatic rings. The maximum absolute atomic E-state index is 13.1. The number of carbonyl (C=O) groups is 1. The Kier molecular flexibility index (Phi) is 6.81.